The van der Waals surface area contributed by atoms with Crippen molar-refractivity contribution in [3.63, 3.8) is 0 Å². The minimum Gasteiger partial charge on any atom is -0.494 e. The van der Waals surface area contributed by atoms with Gasteiger partial charge < -0.3 is 15.0 Å². The molecule has 0 heterocycles. The number of sulfonamides is 1. The van der Waals surface area contributed by atoms with Crippen LogP contribution in [0.25, 0.3) is 0 Å². The van der Waals surface area contributed by atoms with Crippen LogP contribution in [0.3, 0.4) is 0 Å². The molecule has 0 spiro atoms. The Morgan fingerprint density at radius 2 is 1.66 bits per heavy atom. The molecule has 38 heavy (non-hydrogen) atoms. The van der Waals surface area contributed by atoms with Crippen molar-refractivity contribution >= 4 is 39.1 Å². The molecule has 1 N–H and O–H groups in total. The maximum Gasteiger partial charge on any atom is 0.242 e. The quantitative estimate of drug-likeness (QED) is 0.289. The van der Waals surface area contributed by atoms with Gasteiger partial charge in [-0.25, -0.2) is 8.42 Å². The Kier molecular flexibility index (Phi) is 12.9. The van der Waals surface area contributed by atoms with Gasteiger partial charge in [-0.3, -0.25) is 13.9 Å². The standard InChI is InChI=1S/C28H40ClN3O5S/c1-5-8-19-30-28(34)26(6-2)31(21-22-11-13-23(29)14-12-22)27(33)10-9-20-32(38(4,35)36)24-15-17-25(18-16-24)37-7-3/h11-18,26H,5-10,19-21H2,1-4H3,(H,30,34)/t26-/m1/s1. The topological polar surface area (TPSA) is 96.0 Å². The Balaban J connectivity index is 2.17. The predicted molar refractivity (Wildman–Crippen MR) is 153 cm³/mol. The minimum absolute atomic E-state index is 0.0926. The molecule has 0 saturated carbocycles. The molecule has 0 aliphatic rings. The largest absolute Gasteiger partial charge is 0.494 e. The summed E-state index contributed by atoms with van der Waals surface area (Å²) in [6.45, 7) is 7.26. The highest BCUT2D eigenvalue weighted by Crippen LogP contribution is 2.23. The van der Waals surface area contributed by atoms with Gasteiger partial charge in [0, 0.05) is 31.1 Å². The molecule has 2 amide bonds. The minimum atomic E-state index is -3.57. The number of unbranched alkanes of at least 4 members (excludes halogenated alkanes) is 1. The van der Waals surface area contributed by atoms with Crippen molar-refractivity contribution in [1.29, 1.82) is 0 Å². The molecule has 210 valence electrons. The van der Waals surface area contributed by atoms with E-state index in [1.165, 1.54) is 4.31 Å². The van der Waals surface area contributed by atoms with Crippen LogP contribution in [-0.2, 0) is 26.2 Å². The number of hydrogen-bond acceptors (Lipinski definition) is 5. The van der Waals surface area contributed by atoms with E-state index in [0.29, 0.717) is 42.5 Å². The molecule has 0 radical (unpaired) electrons. The maximum absolute atomic E-state index is 13.5. The number of nitrogens with one attached hydrogen (secondary N) is 1. The second-order valence-corrected chi connectivity index (χ2v) is 11.4. The van der Waals surface area contributed by atoms with Gasteiger partial charge in [0.15, 0.2) is 0 Å². The lowest BCUT2D eigenvalue weighted by atomic mass is 10.1. The molecule has 0 fully saturated rings. The zero-order chi connectivity index (χ0) is 28.1. The molecule has 8 nitrogen and oxygen atoms in total. The first kappa shape index (κ1) is 31.4. The number of nitrogens with zero attached hydrogens (tertiary/aromatic N) is 2. The molecule has 2 rings (SSSR count). The summed E-state index contributed by atoms with van der Waals surface area (Å²) in [4.78, 5) is 28.0. The maximum atomic E-state index is 13.5. The number of hydrogen-bond donors (Lipinski definition) is 1. The van der Waals surface area contributed by atoms with Crippen LogP contribution in [0.15, 0.2) is 48.5 Å². The first-order valence-corrected chi connectivity index (χ1v) is 15.3. The van der Waals surface area contributed by atoms with Crippen LogP contribution in [0.4, 0.5) is 5.69 Å². The molecular formula is C28H40ClN3O5S. The van der Waals surface area contributed by atoms with Crippen LogP contribution in [-0.4, -0.2) is 57.1 Å². The van der Waals surface area contributed by atoms with E-state index in [2.05, 4.69) is 5.32 Å². The van der Waals surface area contributed by atoms with Crippen LogP contribution >= 0.6 is 11.6 Å². The number of carbonyl (C=O) groups excluding carboxylic acids is 2. The number of halogens is 1. The van der Waals surface area contributed by atoms with Crippen molar-refractivity contribution in [2.24, 2.45) is 0 Å². The van der Waals surface area contributed by atoms with Crippen molar-refractivity contribution in [2.45, 2.75) is 65.5 Å². The molecular weight excluding hydrogens is 526 g/mol. The summed E-state index contributed by atoms with van der Waals surface area (Å²) in [5, 5.41) is 3.53. The van der Waals surface area contributed by atoms with E-state index in [-0.39, 0.29) is 31.3 Å². The van der Waals surface area contributed by atoms with Crippen molar-refractivity contribution < 1.29 is 22.7 Å². The SMILES string of the molecule is CCCCNC(=O)[C@@H](CC)N(Cc1ccc(Cl)cc1)C(=O)CCCN(c1ccc(OCC)cc1)S(C)(=O)=O. The fourth-order valence-electron chi connectivity index (χ4n) is 4.09. The van der Waals surface area contributed by atoms with E-state index in [0.717, 1.165) is 24.7 Å². The third-order valence-corrected chi connectivity index (χ3v) is 7.52. The average molecular weight is 566 g/mol. The highest BCUT2D eigenvalue weighted by molar-refractivity contribution is 7.92. The third kappa shape index (κ3) is 9.83. The van der Waals surface area contributed by atoms with Gasteiger partial charge in [-0.2, -0.15) is 0 Å². The van der Waals surface area contributed by atoms with E-state index in [1.807, 2.05) is 32.9 Å². The lowest BCUT2D eigenvalue weighted by Crippen LogP contribution is -2.49. The second-order valence-electron chi connectivity index (χ2n) is 9.08. The monoisotopic (exact) mass is 565 g/mol. The molecule has 0 aliphatic carbocycles. The Morgan fingerprint density at radius 1 is 1.00 bits per heavy atom. The van der Waals surface area contributed by atoms with E-state index in [4.69, 9.17) is 16.3 Å². The van der Waals surface area contributed by atoms with Gasteiger partial charge in [0.2, 0.25) is 21.8 Å². The van der Waals surface area contributed by atoms with Gasteiger partial charge in [-0.05, 0) is 68.1 Å². The number of amides is 2. The number of anilines is 1. The summed E-state index contributed by atoms with van der Waals surface area (Å²) in [7, 11) is -3.57. The van der Waals surface area contributed by atoms with Gasteiger partial charge in [-0.1, -0.05) is 44.0 Å². The van der Waals surface area contributed by atoms with Crippen LogP contribution < -0.4 is 14.4 Å². The molecule has 0 bridgehead atoms. The highest BCUT2D eigenvalue weighted by Gasteiger charge is 2.28. The molecule has 0 aromatic heterocycles. The summed E-state index contributed by atoms with van der Waals surface area (Å²) in [5.41, 5.74) is 1.36. The Morgan fingerprint density at radius 3 is 2.21 bits per heavy atom. The number of carbonyl (C=O) groups is 2. The van der Waals surface area contributed by atoms with Crippen LogP contribution in [0.2, 0.25) is 5.02 Å². The Hall–Kier alpha value is -2.78. The Labute approximate surface area is 232 Å². The lowest BCUT2D eigenvalue weighted by molar-refractivity contribution is -0.141. The summed E-state index contributed by atoms with van der Waals surface area (Å²) < 4.78 is 31.8. The molecule has 2 aromatic carbocycles. The molecule has 0 aliphatic heterocycles. The predicted octanol–water partition coefficient (Wildman–Crippen LogP) is 5.01. The smallest absolute Gasteiger partial charge is 0.242 e. The number of rotatable bonds is 16. The van der Waals surface area contributed by atoms with Gasteiger partial charge in [-0.15, -0.1) is 0 Å². The Bertz CT molecular complexity index is 1120. The normalized spacial score (nSPS) is 12.0. The third-order valence-electron chi connectivity index (χ3n) is 6.07. The molecule has 0 saturated heterocycles. The number of ether oxygens (including phenoxy) is 1. The highest BCUT2D eigenvalue weighted by atomic mass is 35.5. The molecule has 0 unspecified atom stereocenters. The fourth-order valence-corrected chi connectivity index (χ4v) is 5.18. The summed E-state index contributed by atoms with van der Waals surface area (Å²) in [5.74, 6) is 0.258. The van der Waals surface area contributed by atoms with Crippen LogP contribution in [0, 0.1) is 0 Å². The summed E-state index contributed by atoms with van der Waals surface area (Å²) in [6.07, 6.45) is 3.81. The lowest BCUT2D eigenvalue weighted by Gasteiger charge is -2.31. The van der Waals surface area contributed by atoms with Gasteiger partial charge in [0.05, 0.1) is 18.6 Å². The molecule has 2 aromatic rings. The second kappa shape index (κ2) is 15.6. The van der Waals surface area contributed by atoms with E-state index < -0.39 is 16.1 Å². The van der Waals surface area contributed by atoms with Crippen LogP contribution in [0.1, 0.15) is 58.4 Å². The first-order chi connectivity index (χ1) is 18.1. The number of benzene rings is 2. The van der Waals surface area contributed by atoms with Gasteiger partial charge in [0.1, 0.15) is 11.8 Å². The zero-order valence-corrected chi connectivity index (χ0v) is 24.4. The van der Waals surface area contributed by atoms with E-state index in [9.17, 15) is 18.0 Å². The van der Waals surface area contributed by atoms with E-state index >= 15 is 0 Å². The summed E-state index contributed by atoms with van der Waals surface area (Å²) >= 11 is 6.03. The van der Waals surface area contributed by atoms with Crippen molar-refractivity contribution in [2.75, 3.05) is 30.3 Å². The zero-order valence-electron chi connectivity index (χ0n) is 22.8. The van der Waals surface area contributed by atoms with Crippen molar-refractivity contribution in [3.8, 4) is 5.75 Å². The first-order valence-electron chi connectivity index (χ1n) is 13.1. The fraction of sp³-hybridized carbons (Fsp3) is 0.500. The van der Waals surface area contributed by atoms with Crippen molar-refractivity contribution in [1.82, 2.24) is 10.2 Å². The molecule has 10 heteroatoms. The summed E-state index contributed by atoms with van der Waals surface area (Å²) in [6, 6.07) is 13.4. The van der Waals surface area contributed by atoms with Gasteiger partial charge >= 0.3 is 0 Å². The van der Waals surface area contributed by atoms with E-state index in [1.54, 1.807) is 41.3 Å². The van der Waals surface area contributed by atoms with Gasteiger partial charge in [0.25, 0.3) is 0 Å². The molecule has 1 atom stereocenters. The van der Waals surface area contributed by atoms with Crippen LogP contribution in [0.5, 0.6) is 5.75 Å². The average Bonchev–Trinajstić information content (AvgIpc) is 2.88. The van der Waals surface area contributed by atoms with Crippen molar-refractivity contribution in [3.05, 3.63) is 59.1 Å².